The molecular formula is C7H13N3O2. The Hall–Kier alpha value is -1.10. The van der Waals surface area contributed by atoms with Gasteiger partial charge in [0.2, 0.25) is 0 Å². The zero-order valence-electron chi connectivity index (χ0n) is 7.19. The minimum absolute atomic E-state index is 0.233. The summed E-state index contributed by atoms with van der Waals surface area (Å²) < 4.78 is 1.27. The van der Waals surface area contributed by atoms with Gasteiger partial charge in [-0.1, -0.05) is 6.92 Å². The Morgan fingerprint density at radius 1 is 1.83 bits per heavy atom. The zero-order valence-corrected chi connectivity index (χ0v) is 7.19. The molecule has 1 aromatic heterocycles. The summed E-state index contributed by atoms with van der Waals surface area (Å²) in [6.45, 7) is 3.55. The number of hydrogen-bond donors (Lipinski definition) is 2. The Morgan fingerprint density at radius 3 is 2.83 bits per heavy atom. The van der Waals surface area contributed by atoms with Gasteiger partial charge in [0.05, 0.1) is 12.1 Å². The summed E-state index contributed by atoms with van der Waals surface area (Å²) in [6.07, 6.45) is 1.45. The molecule has 1 aromatic rings. The van der Waals surface area contributed by atoms with Crippen molar-refractivity contribution in [3.05, 3.63) is 16.8 Å². The number of hydrogen-bond acceptors (Lipinski definition) is 3. The van der Waals surface area contributed by atoms with Gasteiger partial charge in [-0.15, -0.1) is 0 Å². The van der Waals surface area contributed by atoms with E-state index < -0.39 is 6.10 Å². The molecule has 0 fully saturated rings. The highest BCUT2D eigenvalue weighted by Crippen LogP contribution is 2.11. The van der Waals surface area contributed by atoms with Crippen molar-refractivity contribution >= 4 is 0 Å². The van der Waals surface area contributed by atoms with Crippen LogP contribution >= 0.6 is 0 Å². The summed E-state index contributed by atoms with van der Waals surface area (Å²) in [5.74, 6) is 0. The fraction of sp³-hybridized carbons (Fsp3) is 0.714. The minimum Gasteiger partial charge on any atom is -0.391 e. The van der Waals surface area contributed by atoms with Crippen molar-refractivity contribution in [2.45, 2.75) is 32.4 Å². The zero-order chi connectivity index (χ0) is 9.14. The fourth-order valence-corrected chi connectivity index (χ4v) is 1.22. The molecule has 0 aromatic carbocycles. The van der Waals surface area contributed by atoms with Gasteiger partial charge in [-0.3, -0.25) is 4.98 Å². The highest BCUT2D eigenvalue weighted by atomic mass is 16.3. The minimum atomic E-state index is -0.559. The molecule has 0 aliphatic carbocycles. The van der Waals surface area contributed by atoms with Gasteiger partial charge in [-0.05, 0) is 13.3 Å². The maximum atomic E-state index is 11.1. The third-order valence-electron chi connectivity index (χ3n) is 1.87. The average Bonchev–Trinajstić information content (AvgIpc) is 2.38. The van der Waals surface area contributed by atoms with Crippen LogP contribution in [0.15, 0.2) is 11.1 Å². The maximum Gasteiger partial charge on any atom is 0.343 e. The molecule has 0 radical (unpaired) electrons. The molecule has 5 heteroatoms. The molecule has 12 heavy (non-hydrogen) atoms. The van der Waals surface area contributed by atoms with Crippen LogP contribution in [0.5, 0.6) is 0 Å². The van der Waals surface area contributed by atoms with Gasteiger partial charge >= 0.3 is 5.69 Å². The summed E-state index contributed by atoms with van der Waals surface area (Å²) in [5, 5.41) is 13.1. The van der Waals surface area contributed by atoms with Gasteiger partial charge in [0.15, 0.2) is 0 Å². The van der Waals surface area contributed by atoms with E-state index in [0.29, 0.717) is 6.42 Å². The van der Waals surface area contributed by atoms with E-state index in [1.54, 1.807) is 6.92 Å². The Morgan fingerprint density at radius 2 is 2.50 bits per heavy atom. The molecule has 0 aliphatic heterocycles. The first-order valence-corrected chi connectivity index (χ1v) is 3.97. The average molecular weight is 171 g/mol. The van der Waals surface area contributed by atoms with Crippen molar-refractivity contribution in [1.82, 2.24) is 14.8 Å². The summed E-state index contributed by atoms with van der Waals surface area (Å²) in [6, 6.07) is -0.233. The summed E-state index contributed by atoms with van der Waals surface area (Å²) in [4.78, 5) is 13.5. The highest BCUT2D eigenvalue weighted by Gasteiger charge is 2.17. The van der Waals surface area contributed by atoms with Crippen LogP contribution in [0.25, 0.3) is 0 Å². The van der Waals surface area contributed by atoms with E-state index in [-0.39, 0.29) is 11.7 Å². The van der Waals surface area contributed by atoms with E-state index in [1.165, 1.54) is 11.0 Å². The molecule has 0 unspecified atom stereocenters. The molecular weight excluding hydrogens is 158 g/mol. The molecule has 2 N–H and O–H groups in total. The van der Waals surface area contributed by atoms with Gasteiger partial charge < -0.3 is 5.11 Å². The topological polar surface area (TPSA) is 70.9 Å². The normalized spacial score (nSPS) is 15.9. The number of aromatic amines is 1. The first-order valence-electron chi connectivity index (χ1n) is 3.97. The van der Waals surface area contributed by atoms with Gasteiger partial charge in [0.1, 0.15) is 6.33 Å². The van der Waals surface area contributed by atoms with E-state index in [0.717, 1.165) is 0 Å². The van der Waals surface area contributed by atoms with Gasteiger partial charge in [0, 0.05) is 0 Å². The second-order valence-electron chi connectivity index (χ2n) is 2.75. The van der Waals surface area contributed by atoms with Crippen LogP contribution < -0.4 is 5.69 Å². The number of aliphatic hydroxyl groups is 1. The predicted octanol–water partition coefficient (Wildman–Crippen LogP) is -0.0967. The molecule has 1 rings (SSSR count). The van der Waals surface area contributed by atoms with E-state index in [2.05, 4.69) is 10.1 Å². The largest absolute Gasteiger partial charge is 0.391 e. The summed E-state index contributed by atoms with van der Waals surface area (Å²) in [5.41, 5.74) is -0.275. The molecule has 0 aliphatic rings. The third-order valence-corrected chi connectivity index (χ3v) is 1.87. The fourth-order valence-electron chi connectivity index (χ4n) is 1.22. The molecule has 68 valence electrons. The lowest BCUT2D eigenvalue weighted by molar-refractivity contribution is 0.118. The van der Waals surface area contributed by atoms with E-state index >= 15 is 0 Å². The van der Waals surface area contributed by atoms with E-state index in [4.69, 9.17) is 0 Å². The van der Waals surface area contributed by atoms with Crippen LogP contribution in [-0.4, -0.2) is 26.0 Å². The summed E-state index contributed by atoms with van der Waals surface area (Å²) >= 11 is 0. The molecule has 1 heterocycles. The van der Waals surface area contributed by atoms with Crippen LogP contribution in [0.2, 0.25) is 0 Å². The summed E-state index contributed by atoms with van der Waals surface area (Å²) in [7, 11) is 0. The lowest BCUT2D eigenvalue weighted by atomic mass is 10.1. The van der Waals surface area contributed by atoms with Gasteiger partial charge in [-0.25, -0.2) is 9.48 Å². The molecule has 2 atom stereocenters. The third kappa shape index (κ3) is 1.55. The highest BCUT2D eigenvalue weighted by molar-refractivity contribution is 4.72. The van der Waals surface area contributed by atoms with Crippen molar-refractivity contribution < 1.29 is 5.11 Å². The molecule has 0 amide bonds. The molecule has 5 nitrogen and oxygen atoms in total. The van der Waals surface area contributed by atoms with Crippen LogP contribution in [0.1, 0.15) is 26.3 Å². The van der Waals surface area contributed by atoms with Crippen LogP contribution in [-0.2, 0) is 0 Å². The van der Waals surface area contributed by atoms with Crippen LogP contribution in [0.3, 0.4) is 0 Å². The second-order valence-corrected chi connectivity index (χ2v) is 2.75. The second kappa shape index (κ2) is 3.53. The lowest BCUT2D eigenvalue weighted by Gasteiger charge is -2.16. The predicted molar refractivity (Wildman–Crippen MR) is 43.9 cm³/mol. The van der Waals surface area contributed by atoms with Crippen LogP contribution in [0.4, 0.5) is 0 Å². The molecule has 0 bridgehead atoms. The van der Waals surface area contributed by atoms with Crippen LogP contribution in [0, 0.1) is 0 Å². The SMILES string of the molecule is CC[C@@H]([C@H](C)O)n1nc[nH]c1=O. The first kappa shape index (κ1) is 8.99. The molecule has 0 saturated heterocycles. The number of nitrogens with one attached hydrogen (secondary N) is 1. The molecule has 0 spiro atoms. The Kier molecular flexibility index (Phi) is 2.65. The van der Waals surface area contributed by atoms with Crippen molar-refractivity contribution in [3.63, 3.8) is 0 Å². The number of rotatable bonds is 3. The maximum absolute atomic E-state index is 11.1. The van der Waals surface area contributed by atoms with E-state index in [9.17, 15) is 9.90 Å². The standard InChI is InChI=1S/C7H13N3O2/c1-3-6(5(2)11)10-7(12)8-4-9-10/h4-6,11H,3H2,1-2H3,(H,8,9,12)/t5-,6-/m0/s1. The van der Waals surface area contributed by atoms with E-state index in [1.807, 2.05) is 6.92 Å². The smallest absolute Gasteiger partial charge is 0.343 e. The van der Waals surface area contributed by atoms with Gasteiger partial charge in [0.25, 0.3) is 0 Å². The monoisotopic (exact) mass is 171 g/mol. The number of aliphatic hydroxyl groups excluding tert-OH is 1. The quantitative estimate of drug-likeness (QED) is 0.667. The number of aromatic nitrogens is 3. The van der Waals surface area contributed by atoms with Gasteiger partial charge in [-0.2, -0.15) is 5.10 Å². The Balaban J connectivity index is 2.95. The number of nitrogens with zero attached hydrogens (tertiary/aromatic N) is 2. The number of H-pyrrole nitrogens is 1. The molecule has 0 saturated carbocycles. The Labute approximate surface area is 70.0 Å². The van der Waals surface area contributed by atoms with Crippen molar-refractivity contribution in [1.29, 1.82) is 0 Å². The lowest BCUT2D eigenvalue weighted by Crippen LogP contribution is -2.30. The van der Waals surface area contributed by atoms with Crippen molar-refractivity contribution in [2.24, 2.45) is 0 Å². The van der Waals surface area contributed by atoms with Crippen molar-refractivity contribution in [2.75, 3.05) is 0 Å². The Bertz CT molecular complexity index is 289. The van der Waals surface area contributed by atoms with Crippen molar-refractivity contribution in [3.8, 4) is 0 Å². The first-order chi connectivity index (χ1) is 5.66.